The van der Waals surface area contributed by atoms with Crippen molar-refractivity contribution in [3.05, 3.63) is 50.4 Å². The molecule has 0 aliphatic rings. The molecule has 126 valence electrons. The van der Waals surface area contributed by atoms with Crippen LogP contribution in [0.1, 0.15) is 11.1 Å². The van der Waals surface area contributed by atoms with E-state index in [0.29, 0.717) is 10.0 Å². The monoisotopic (exact) mass is 455 g/mol. The lowest BCUT2D eigenvalue weighted by Crippen LogP contribution is -2.26. The van der Waals surface area contributed by atoms with Crippen LogP contribution in [-0.2, 0) is 4.79 Å². The summed E-state index contributed by atoms with van der Waals surface area (Å²) in [5, 5.41) is 26.4. The van der Waals surface area contributed by atoms with Gasteiger partial charge in [0.2, 0.25) is 0 Å². The molecule has 2 aromatic rings. The number of carbonyl (C=O) groups excluding carboxylic acids is 1. The molecule has 0 radical (unpaired) electrons. The average Bonchev–Trinajstić information content (AvgIpc) is 2.56. The van der Waals surface area contributed by atoms with E-state index in [0.717, 1.165) is 11.3 Å². The third-order valence-electron chi connectivity index (χ3n) is 3.18. The van der Waals surface area contributed by atoms with E-state index < -0.39 is 0 Å². The number of halogens is 2. The summed E-state index contributed by atoms with van der Waals surface area (Å²) in [6.07, 6.45) is 1.29. The van der Waals surface area contributed by atoms with Crippen LogP contribution in [0.3, 0.4) is 0 Å². The van der Waals surface area contributed by atoms with Crippen molar-refractivity contribution >= 4 is 49.7 Å². The van der Waals surface area contributed by atoms with Crippen molar-refractivity contribution in [2.75, 3.05) is 11.9 Å². The predicted octanol–water partition coefficient (Wildman–Crippen LogP) is 3.49. The van der Waals surface area contributed by atoms with E-state index in [1.54, 1.807) is 0 Å². The quantitative estimate of drug-likeness (QED) is 0.409. The van der Waals surface area contributed by atoms with E-state index in [9.17, 15) is 15.0 Å². The number of hydrogen-bond acceptors (Lipinski definition) is 5. The minimum absolute atomic E-state index is 0.0666. The fraction of sp³-hybridized carbons (Fsp3) is 0.125. The summed E-state index contributed by atoms with van der Waals surface area (Å²) in [5.74, 6) is -0.617. The Bertz CT molecular complexity index is 794. The summed E-state index contributed by atoms with van der Waals surface area (Å²) >= 11 is 6.23. The number of rotatable bonds is 5. The maximum absolute atomic E-state index is 11.8. The van der Waals surface area contributed by atoms with Gasteiger partial charge in [0, 0.05) is 11.3 Å². The molecule has 0 unspecified atom stereocenters. The summed E-state index contributed by atoms with van der Waals surface area (Å²) in [7, 11) is 0. The number of phenolic OH excluding ortho intramolecular Hbond substituents is 2. The third kappa shape index (κ3) is 4.48. The Morgan fingerprint density at radius 3 is 2.67 bits per heavy atom. The zero-order valence-corrected chi connectivity index (χ0v) is 15.8. The molecule has 0 fully saturated rings. The summed E-state index contributed by atoms with van der Waals surface area (Å²) in [6.45, 7) is 2.01. The molecule has 0 heterocycles. The van der Waals surface area contributed by atoms with Gasteiger partial charge in [-0.05, 0) is 56.5 Å². The van der Waals surface area contributed by atoms with Crippen LogP contribution < -0.4 is 10.7 Å². The molecule has 8 heteroatoms. The van der Waals surface area contributed by atoms with Crippen LogP contribution in [0, 0.1) is 6.92 Å². The first-order valence-electron chi connectivity index (χ1n) is 6.91. The van der Waals surface area contributed by atoms with E-state index in [-0.39, 0.29) is 28.4 Å². The molecular weight excluding hydrogens is 442 g/mol. The highest BCUT2D eigenvalue weighted by molar-refractivity contribution is 9.11. The number of hydrogen-bond donors (Lipinski definition) is 4. The van der Waals surface area contributed by atoms with Gasteiger partial charge in [-0.1, -0.05) is 18.2 Å². The van der Waals surface area contributed by atoms with Gasteiger partial charge in [0.05, 0.1) is 17.2 Å². The van der Waals surface area contributed by atoms with Gasteiger partial charge in [0.15, 0.2) is 0 Å². The summed E-state index contributed by atoms with van der Waals surface area (Å²) in [4.78, 5) is 11.8. The zero-order chi connectivity index (χ0) is 17.7. The topological polar surface area (TPSA) is 94.0 Å². The van der Waals surface area contributed by atoms with Gasteiger partial charge in [0.25, 0.3) is 5.91 Å². The fourth-order valence-electron chi connectivity index (χ4n) is 1.88. The minimum atomic E-state index is -0.328. The first-order valence-corrected chi connectivity index (χ1v) is 8.50. The number of amides is 1. The van der Waals surface area contributed by atoms with Gasteiger partial charge in [-0.3, -0.25) is 4.79 Å². The van der Waals surface area contributed by atoms with Crippen LogP contribution in [0.25, 0.3) is 0 Å². The lowest BCUT2D eigenvalue weighted by molar-refractivity contribution is -0.119. The lowest BCUT2D eigenvalue weighted by Gasteiger charge is -2.08. The van der Waals surface area contributed by atoms with Gasteiger partial charge >= 0.3 is 0 Å². The first-order chi connectivity index (χ1) is 11.4. The Morgan fingerprint density at radius 1 is 1.25 bits per heavy atom. The third-order valence-corrected chi connectivity index (χ3v) is 4.53. The molecule has 0 aromatic heterocycles. The van der Waals surface area contributed by atoms with Crippen LogP contribution in [0.15, 0.2) is 44.4 Å². The molecule has 0 aliphatic heterocycles. The Labute approximate surface area is 155 Å². The molecule has 0 atom stereocenters. The molecule has 2 rings (SSSR count). The highest BCUT2D eigenvalue weighted by atomic mass is 79.9. The molecule has 4 N–H and O–H groups in total. The summed E-state index contributed by atoms with van der Waals surface area (Å²) in [5.41, 5.74) is 4.61. The minimum Gasteiger partial charge on any atom is -0.506 e. The SMILES string of the molecule is Cc1ccccc1NCC(=O)N/N=C/c1cc(Br)c(O)c(Br)c1O. The molecule has 0 bridgehead atoms. The molecule has 24 heavy (non-hydrogen) atoms. The van der Waals surface area contributed by atoms with Crippen molar-refractivity contribution in [2.45, 2.75) is 6.92 Å². The number of para-hydroxylation sites is 1. The second kappa shape index (κ2) is 8.16. The Hall–Kier alpha value is -2.06. The molecular formula is C16H15Br2N3O3. The normalized spacial score (nSPS) is 10.8. The van der Waals surface area contributed by atoms with Crippen LogP contribution in [-0.4, -0.2) is 28.9 Å². The molecule has 0 aliphatic carbocycles. The van der Waals surface area contributed by atoms with E-state index in [1.807, 2.05) is 31.2 Å². The van der Waals surface area contributed by atoms with Crippen molar-refractivity contribution in [3.8, 4) is 11.5 Å². The van der Waals surface area contributed by atoms with Crippen molar-refractivity contribution in [2.24, 2.45) is 5.10 Å². The van der Waals surface area contributed by atoms with E-state index in [2.05, 4.69) is 47.7 Å². The number of phenols is 2. The second-order valence-corrected chi connectivity index (χ2v) is 6.57. The Balaban J connectivity index is 1.95. The highest BCUT2D eigenvalue weighted by Crippen LogP contribution is 2.40. The summed E-state index contributed by atoms with van der Waals surface area (Å²) < 4.78 is 0.534. The maximum atomic E-state index is 11.8. The average molecular weight is 457 g/mol. The second-order valence-electron chi connectivity index (χ2n) is 4.92. The van der Waals surface area contributed by atoms with Crippen molar-refractivity contribution in [1.29, 1.82) is 0 Å². The fourth-order valence-corrected chi connectivity index (χ4v) is 3.03. The standard InChI is InChI=1S/C16H15Br2N3O3/c1-9-4-2-3-5-12(9)19-8-13(22)21-20-7-10-6-11(17)16(24)14(18)15(10)23/h2-7,19,23-24H,8H2,1H3,(H,21,22)/b20-7+. The van der Waals surface area contributed by atoms with Crippen molar-refractivity contribution < 1.29 is 15.0 Å². The number of hydrazone groups is 1. The lowest BCUT2D eigenvalue weighted by atomic mass is 10.2. The molecule has 0 saturated heterocycles. The van der Waals surface area contributed by atoms with Crippen molar-refractivity contribution in [3.63, 3.8) is 0 Å². The molecule has 6 nitrogen and oxygen atoms in total. The number of nitrogens with zero attached hydrogens (tertiary/aromatic N) is 1. The van der Waals surface area contributed by atoms with Crippen LogP contribution in [0.4, 0.5) is 5.69 Å². The van der Waals surface area contributed by atoms with Crippen LogP contribution >= 0.6 is 31.9 Å². The number of benzene rings is 2. The number of aryl methyl sites for hydroxylation is 1. The van der Waals surface area contributed by atoms with Crippen LogP contribution in [0.5, 0.6) is 11.5 Å². The largest absolute Gasteiger partial charge is 0.506 e. The Kier molecular flexibility index (Phi) is 6.22. The van der Waals surface area contributed by atoms with Gasteiger partial charge in [-0.2, -0.15) is 5.10 Å². The molecule has 1 amide bonds. The van der Waals surface area contributed by atoms with E-state index in [4.69, 9.17) is 0 Å². The van der Waals surface area contributed by atoms with Crippen molar-refractivity contribution in [1.82, 2.24) is 5.43 Å². The number of anilines is 1. The van der Waals surface area contributed by atoms with Gasteiger partial charge < -0.3 is 15.5 Å². The number of nitrogens with one attached hydrogen (secondary N) is 2. The maximum Gasteiger partial charge on any atom is 0.259 e. The van der Waals surface area contributed by atoms with Gasteiger partial charge in [-0.25, -0.2) is 5.43 Å². The zero-order valence-electron chi connectivity index (χ0n) is 12.7. The van der Waals surface area contributed by atoms with Gasteiger partial charge in [-0.15, -0.1) is 0 Å². The smallest absolute Gasteiger partial charge is 0.259 e. The molecule has 2 aromatic carbocycles. The molecule has 0 spiro atoms. The van der Waals surface area contributed by atoms with Gasteiger partial charge in [0.1, 0.15) is 16.0 Å². The van der Waals surface area contributed by atoms with Crippen LogP contribution in [0.2, 0.25) is 0 Å². The summed E-state index contributed by atoms with van der Waals surface area (Å²) in [6, 6.07) is 9.12. The first kappa shape index (κ1) is 18.3. The molecule has 0 saturated carbocycles. The number of aromatic hydroxyl groups is 2. The highest BCUT2D eigenvalue weighted by Gasteiger charge is 2.12. The Morgan fingerprint density at radius 2 is 1.96 bits per heavy atom. The number of carbonyl (C=O) groups is 1. The predicted molar refractivity (Wildman–Crippen MR) is 101 cm³/mol. The van der Waals surface area contributed by atoms with E-state index in [1.165, 1.54) is 12.3 Å². The van der Waals surface area contributed by atoms with E-state index >= 15 is 0 Å².